The smallest absolute Gasteiger partial charge is 0.416 e. The van der Waals surface area contributed by atoms with Gasteiger partial charge in [0, 0.05) is 12.1 Å². The summed E-state index contributed by atoms with van der Waals surface area (Å²) in [6.07, 6.45) is -0.899. The molecule has 2 atom stereocenters. The summed E-state index contributed by atoms with van der Waals surface area (Å²) in [6.45, 7) is 0.153. The molecule has 134 valence electrons. The van der Waals surface area contributed by atoms with E-state index in [0.717, 1.165) is 17.2 Å². The summed E-state index contributed by atoms with van der Waals surface area (Å²) in [7, 11) is 0. The SMILES string of the molecule is O=C(OCc1ccccc1)N1C=C[C@H]2C[C@@H]1c1ccc(C(F)(F)F)cc12. The van der Waals surface area contributed by atoms with Crippen LogP contribution in [0.5, 0.6) is 0 Å². The minimum absolute atomic E-state index is 0.101. The molecule has 2 bridgehead atoms. The number of amides is 1. The van der Waals surface area contributed by atoms with Gasteiger partial charge in [0.05, 0.1) is 11.6 Å². The second kappa shape index (κ2) is 6.20. The summed E-state index contributed by atoms with van der Waals surface area (Å²) in [6, 6.07) is 12.8. The van der Waals surface area contributed by atoms with E-state index in [1.54, 1.807) is 12.3 Å². The molecule has 0 radical (unpaired) electrons. The fourth-order valence-corrected chi connectivity index (χ4v) is 3.60. The number of ether oxygens (including phenoxy) is 1. The highest BCUT2D eigenvalue weighted by Gasteiger charge is 2.40. The summed E-state index contributed by atoms with van der Waals surface area (Å²) in [5.41, 5.74) is 1.61. The Balaban J connectivity index is 1.53. The minimum Gasteiger partial charge on any atom is -0.444 e. The third-order valence-electron chi connectivity index (χ3n) is 4.88. The Morgan fingerprint density at radius 3 is 2.62 bits per heavy atom. The maximum atomic E-state index is 13.0. The largest absolute Gasteiger partial charge is 0.444 e. The Hall–Kier alpha value is -2.76. The van der Waals surface area contributed by atoms with Crippen LogP contribution in [0.2, 0.25) is 0 Å². The first-order chi connectivity index (χ1) is 12.4. The van der Waals surface area contributed by atoms with Crippen LogP contribution in [0.1, 0.15) is 40.6 Å². The molecular formula is C20H16F3NO2. The monoisotopic (exact) mass is 359 g/mol. The lowest BCUT2D eigenvalue weighted by Crippen LogP contribution is -2.31. The first kappa shape index (κ1) is 16.7. The van der Waals surface area contributed by atoms with Crippen LogP contribution in [-0.2, 0) is 17.5 Å². The molecule has 3 nitrogen and oxygen atoms in total. The summed E-state index contributed by atoms with van der Waals surface area (Å²) >= 11 is 0. The third-order valence-corrected chi connectivity index (χ3v) is 4.88. The summed E-state index contributed by atoms with van der Waals surface area (Å²) < 4.78 is 44.3. The molecule has 0 fully saturated rings. The molecule has 0 N–H and O–H groups in total. The number of halogens is 3. The number of hydrogen-bond acceptors (Lipinski definition) is 2. The van der Waals surface area contributed by atoms with Gasteiger partial charge >= 0.3 is 12.3 Å². The average molecular weight is 359 g/mol. The van der Waals surface area contributed by atoms with E-state index in [1.165, 1.54) is 17.0 Å². The molecule has 2 aromatic rings. The molecule has 1 aliphatic heterocycles. The van der Waals surface area contributed by atoms with Gasteiger partial charge in [-0.05, 0) is 35.2 Å². The maximum Gasteiger partial charge on any atom is 0.416 e. The maximum absolute atomic E-state index is 13.0. The Morgan fingerprint density at radius 2 is 1.88 bits per heavy atom. The van der Waals surface area contributed by atoms with Gasteiger partial charge in [-0.15, -0.1) is 0 Å². The molecule has 2 aliphatic rings. The highest BCUT2D eigenvalue weighted by atomic mass is 19.4. The van der Waals surface area contributed by atoms with Crippen molar-refractivity contribution < 1.29 is 22.7 Å². The Morgan fingerprint density at radius 1 is 1.12 bits per heavy atom. The Labute approximate surface area is 148 Å². The van der Waals surface area contributed by atoms with Crippen molar-refractivity contribution in [2.75, 3.05) is 0 Å². The van der Waals surface area contributed by atoms with Crippen LogP contribution >= 0.6 is 0 Å². The van der Waals surface area contributed by atoms with Gasteiger partial charge in [0.25, 0.3) is 0 Å². The number of benzene rings is 2. The van der Waals surface area contributed by atoms with Crippen molar-refractivity contribution in [3.05, 3.63) is 83.1 Å². The zero-order chi connectivity index (χ0) is 18.3. The minimum atomic E-state index is -4.37. The standard InChI is InChI=1S/C20H16F3NO2/c21-20(22,23)15-6-7-16-17(11-15)14-8-9-24(18(16)10-14)19(25)26-12-13-4-2-1-3-5-13/h1-9,11,14,18H,10,12H2/t14-,18+/m0/s1. The van der Waals surface area contributed by atoms with Crippen LogP contribution in [0.25, 0.3) is 0 Å². The normalized spacial score (nSPS) is 20.8. The van der Waals surface area contributed by atoms with Crippen molar-refractivity contribution in [1.82, 2.24) is 4.90 Å². The molecule has 4 rings (SSSR count). The molecule has 2 aromatic carbocycles. The van der Waals surface area contributed by atoms with E-state index in [-0.39, 0.29) is 18.6 Å². The van der Waals surface area contributed by atoms with Gasteiger partial charge in [-0.3, -0.25) is 4.90 Å². The number of allylic oxidation sites excluding steroid dienone is 1. The van der Waals surface area contributed by atoms with Crippen molar-refractivity contribution >= 4 is 6.09 Å². The number of carbonyl (C=O) groups excluding carboxylic acids is 1. The molecule has 0 saturated carbocycles. The fourth-order valence-electron chi connectivity index (χ4n) is 3.60. The van der Waals surface area contributed by atoms with Crippen molar-refractivity contribution in [2.24, 2.45) is 0 Å². The van der Waals surface area contributed by atoms with Crippen LogP contribution in [0.4, 0.5) is 18.0 Å². The Bertz CT molecular complexity index is 861. The van der Waals surface area contributed by atoms with Gasteiger partial charge in [-0.25, -0.2) is 4.79 Å². The van der Waals surface area contributed by atoms with Gasteiger partial charge in [0.2, 0.25) is 0 Å². The molecule has 1 aliphatic carbocycles. The topological polar surface area (TPSA) is 29.5 Å². The van der Waals surface area contributed by atoms with E-state index < -0.39 is 17.8 Å². The highest BCUT2D eigenvalue weighted by Crippen LogP contribution is 2.49. The van der Waals surface area contributed by atoms with Crippen LogP contribution in [0.3, 0.4) is 0 Å². The molecule has 6 heteroatoms. The van der Waals surface area contributed by atoms with E-state index in [1.807, 2.05) is 30.3 Å². The number of rotatable bonds is 2. The van der Waals surface area contributed by atoms with Gasteiger partial charge in [0.1, 0.15) is 6.61 Å². The lowest BCUT2D eigenvalue weighted by Gasteiger charge is -2.28. The molecule has 1 heterocycles. The molecule has 26 heavy (non-hydrogen) atoms. The first-order valence-electron chi connectivity index (χ1n) is 8.32. The highest BCUT2D eigenvalue weighted by molar-refractivity contribution is 5.71. The number of carbonyl (C=O) groups is 1. The molecule has 0 saturated heterocycles. The zero-order valence-corrected chi connectivity index (χ0v) is 13.7. The second-order valence-electron chi connectivity index (χ2n) is 6.49. The van der Waals surface area contributed by atoms with Crippen LogP contribution < -0.4 is 0 Å². The third kappa shape index (κ3) is 2.96. The number of alkyl halides is 3. The van der Waals surface area contributed by atoms with E-state index in [4.69, 9.17) is 4.74 Å². The molecule has 0 aromatic heterocycles. The summed E-state index contributed by atoms with van der Waals surface area (Å²) in [4.78, 5) is 13.9. The van der Waals surface area contributed by atoms with E-state index in [0.29, 0.717) is 12.0 Å². The Kier molecular flexibility index (Phi) is 3.98. The van der Waals surface area contributed by atoms with Crippen molar-refractivity contribution in [3.8, 4) is 0 Å². The van der Waals surface area contributed by atoms with Crippen molar-refractivity contribution in [1.29, 1.82) is 0 Å². The van der Waals surface area contributed by atoms with E-state index >= 15 is 0 Å². The average Bonchev–Trinajstić information content (AvgIpc) is 2.92. The van der Waals surface area contributed by atoms with Crippen molar-refractivity contribution in [3.63, 3.8) is 0 Å². The second-order valence-corrected chi connectivity index (χ2v) is 6.49. The fraction of sp³-hybridized carbons (Fsp3) is 0.250. The van der Waals surface area contributed by atoms with E-state index in [2.05, 4.69) is 0 Å². The summed E-state index contributed by atoms with van der Waals surface area (Å²) in [5, 5.41) is 0. The van der Waals surface area contributed by atoms with Gasteiger partial charge in [-0.1, -0.05) is 42.5 Å². The lowest BCUT2D eigenvalue weighted by molar-refractivity contribution is -0.137. The number of hydrogen-bond donors (Lipinski definition) is 0. The van der Waals surface area contributed by atoms with Gasteiger partial charge in [-0.2, -0.15) is 13.2 Å². The van der Waals surface area contributed by atoms with Crippen LogP contribution in [0, 0.1) is 0 Å². The molecule has 1 amide bonds. The van der Waals surface area contributed by atoms with Crippen molar-refractivity contribution in [2.45, 2.75) is 31.2 Å². The first-order valence-corrected chi connectivity index (χ1v) is 8.32. The van der Waals surface area contributed by atoms with E-state index in [9.17, 15) is 18.0 Å². The predicted molar refractivity (Wildman–Crippen MR) is 89.1 cm³/mol. The van der Waals surface area contributed by atoms with Gasteiger partial charge in [0.15, 0.2) is 0 Å². The molecule has 0 unspecified atom stereocenters. The van der Waals surface area contributed by atoms with Crippen LogP contribution in [0.15, 0.2) is 60.8 Å². The number of nitrogens with zero attached hydrogens (tertiary/aromatic N) is 1. The molecule has 0 spiro atoms. The summed E-state index contributed by atoms with van der Waals surface area (Å²) in [5.74, 6) is -0.101. The predicted octanol–water partition coefficient (Wildman–Crippen LogP) is 5.40. The zero-order valence-electron chi connectivity index (χ0n) is 13.7. The number of fused-ring (bicyclic) bond motifs is 5. The molecular weight excluding hydrogens is 343 g/mol. The van der Waals surface area contributed by atoms with Crippen LogP contribution in [-0.4, -0.2) is 11.0 Å². The lowest BCUT2D eigenvalue weighted by atomic mass is 9.99. The van der Waals surface area contributed by atoms with Gasteiger partial charge < -0.3 is 4.74 Å². The quantitative estimate of drug-likeness (QED) is 0.718.